The molecule has 0 unspecified atom stereocenters. The van der Waals surface area contributed by atoms with E-state index in [9.17, 15) is 10.1 Å². The summed E-state index contributed by atoms with van der Waals surface area (Å²) in [5.74, 6) is -0.914. The largest absolute Gasteiger partial charge is 0.481 e. The molecule has 0 aliphatic heterocycles. The second kappa shape index (κ2) is 6.02. The number of nitrogens with zero attached hydrogens (tertiary/aromatic N) is 3. The molecule has 7 heteroatoms. The molecule has 0 spiro atoms. The quantitative estimate of drug-likeness (QED) is 0.719. The van der Waals surface area contributed by atoms with Crippen LogP contribution in [0.5, 0.6) is 0 Å². The van der Waals surface area contributed by atoms with Crippen LogP contribution in [0.3, 0.4) is 0 Å². The number of nitriles is 1. The van der Waals surface area contributed by atoms with Crippen molar-refractivity contribution >= 4 is 29.2 Å². The van der Waals surface area contributed by atoms with Gasteiger partial charge in [0.25, 0.3) is 0 Å². The van der Waals surface area contributed by atoms with Crippen LogP contribution in [-0.4, -0.2) is 25.6 Å². The summed E-state index contributed by atoms with van der Waals surface area (Å²) in [6, 6.07) is 11.5. The highest BCUT2D eigenvalue weighted by Gasteiger charge is 2.21. The molecule has 1 aromatic carbocycles. The van der Waals surface area contributed by atoms with Gasteiger partial charge in [0, 0.05) is 6.54 Å². The third kappa shape index (κ3) is 2.60. The lowest BCUT2D eigenvalue weighted by molar-refractivity contribution is -0.137. The van der Waals surface area contributed by atoms with Crippen molar-refractivity contribution in [3.05, 3.63) is 46.9 Å². The standard InChI is InChI=1S/C16H12N4O2S/c17-8-11-13-15(16(23)19-9-18-13)20(7-6-12(21)22)14(11)10-4-2-1-3-5-10/h1-5,9H,6-7H2,(H,21,22)(H,18,19,23). The Bertz CT molecular complexity index is 983. The molecule has 2 aromatic heterocycles. The van der Waals surface area contributed by atoms with Crippen molar-refractivity contribution in [2.75, 3.05) is 0 Å². The van der Waals surface area contributed by atoms with Crippen LogP contribution in [-0.2, 0) is 11.3 Å². The fourth-order valence-corrected chi connectivity index (χ4v) is 2.88. The zero-order valence-electron chi connectivity index (χ0n) is 12.0. The van der Waals surface area contributed by atoms with Crippen LogP contribution in [0, 0.1) is 16.0 Å². The lowest BCUT2D eigenvalue weighted by Crippen LogP contribution is -2.06. The van der Waals surface area contributed by atoms with E-state index in [1.54, 1.807) is 4.57 Å². The molecule has 3 rings (SSSR count). The topological polar surface area (TPSA) is 94.7 Å². The number of aromatic nitrogens is 3. The highest BCUT2D eigenvalue weighted by atomic mass is 32.1. The molecule has 0 saturated carbocycles. The number of rotatable bonds is 4. The molecule has 2 heterocycles. The average Bonchev–Trinajstić information content (AvgIpc) is 2.88. The van der Waals surface area contributed by atoms with Crippen molar-refractivity contribution in [2.45, 2.75) is 13.0 Å². The molecule has 0 amide bonds. The molecule has 0 radical (unpaired) electrons. The Balaban J connectivity index is 2.38. The van der Waals surface area contributed by atoms with E-state index in [1.165, 1.54) is 6.33 Å². The number of benzene rings is 1. The minimum absolute atomic E-state index is 0.0713. The first kappa shape index (κ1) is 14.9. The van der Waals surface area contributed by atoms with Crippen LogP contribution >= 0.6 is 12.2 Å². The summed E-state index contributed by atoms with van der Waals surface area (Å²) in [5.41, 5.74) is 2.93. The van der Waals surface area contributed by atoms with Gasteiger partial charge in [0.2, 0.25) is 0 Å². The van der Waals surface area contributed by atoms with Gasteiger partial charge in [-0.25, -0.2) is 4.98 Å². The molecule has 0 bridgehead atoms. The predicted octanol–water partition coefficient (Wildman–Crippen LogP) is 3.11. The maximum atomic E-state index is 11.0. The van der Waals surface area contributed by atoms with Gasteiger partial charge in [-0.2, -0.15) is 5.26 Å². The number of H-pyrrole nitrogens is 1. The first-order chi connectivity index (χ1) is 11.1. The SMILES string of the molecule is N#Cc1c(-c2ccccc2)n(CCC(=O)O)c2c(=S)[nH]cnc12. The van der Waals surface area contributed by atoms with Crippen LogP contribution in [0.2, 0.25) is 0 Å². The third-order valence-electron chi connectivity index (χ3n) is 3.55. The van der Waals surface area contributed by atoms with E-state index in [0.717, 1.165) is 5.56 Å². The van der Waals surface area contributed by atoms with Gasteiger partial charge in [-0.15, -0.1) is 0 Å². The van der Waals surface area contributed by atoms with E-state index in [1.807, 2.05) is 30.3 Å². The van der Waals surface area contributed by atoms with Crippen molar-refractivity contribution < 1.29 is 9.90 Å². The number of carboxylic acids is 1. The van der Waals surface area contributed by atoms with Crippen molar-refractivity contribution in [3.63, 3.8) is 0 Å². The normalized spacial score (nSPS) is 10.6. The highest BCUT2D eigenvalue weighted by molar-refractivity contribution is 7.71. The van der Waals surface area contributed by atoms with Gasteiger partial charge in [-0.3, -0.25) is 4.79 Å². The van der Waals surface area contributed by atoms with E-state index in [4.69, 9.17) is 17.3 Å². The number of aryl methyl sites for hydroxylation is 1. The lowest BCUT2D eigenvalue weighted by atomic mass is 10.1. The Morgan fingerprint density at radius 2 is 2.13 bits per heavy atom. The van der Waals surface area contributed by atoms with Gasteiger partial charge in [0.05, 0.1) is 18.4 Å². The zero-order valence-corrected chi connectivity index (χ0v) is 12.8. The van der Waals surface area contributed by atoms with Crippen LogP contribution in [0.15, 0.2) is 36.7 Å². The molecular weight excluding hydrogens is 312 g/mol. The van der Waals surface area contributed by atoms with Gasteiger partial charge < -0.3 is 14.7 Å². The maximum Gasteiger partial charge on any atom is 0.305 e. The highest BCUT2D eigenvalue weighted by Crippen LogP contribution is 2.32. The van der Waals surface area contributed by atoms with Crippen LogP contribution in [0.1, 0.15) is 12.0 Å². The number of carbonyl (C=O) groups is 1. The second-order valence-corrected chi connectivity index (χ2v) is 5.33. The summed E-state index contributed by atoms with van der Waals surface area (Å²) in [7, 11) is 0. The van der Waals surface area contributed by atoms with Crippen molar-refractivity contribution in [2.24, 2.45) is 0 Å². The van der Waals surface area contributed by atoms with E-state index < -0.39 is 5.97 Å². The Morgan fingerprint density at radius 3 is 2.78 bits per heavy atom. The summed E-state index contributed by atoms with van der Waals surface area (Å²) in [6.07, 6.45) is 1.37. The first-order valence-electron chi connectivity index (χ1n) is 6.90. The summed E-state index contributed by atoms with van der Waals surface area (Å²) in [6.45, 7) is 0.209. The summed E-state index contributed by atoms with van der Waals surface area (Å²) in [5, 5.41) is 18.6. The molecule has 114 valence electrons. The molecule has 6 nitrogen and oxygen atoms in total. The minimum Gasteiger partial charge on any atom is -0.481 e. The van der Waals surface area contributed by atoms with Crippen molar-refractivity contribution in [1.29, 1.82) is 5.26 Å². The number of carboxylic acid groups (broad SMARTS) is 1. The van der Waals surface area contributed by atoms with E-state index in [-0.39, 0.29) is 13.0 Å². The molecule has 2 N–H and O–H groups in total. The Kier molecular flexibility index (Phi) is 3.91. The van der Waals surface area contributed by atoms with Gasteiger partial charge in [0.1, 0.15) is 27.3 Å². The van der Waals surface area contributed by atoms with Crippen molar-refractivity contribution in [1.82, 2.24) is 14.5 Å². The fraction of sp³-hybridized carbons (Fsp3) is 0.125. The summed E-state index contributed by atoms with van der Waals surface area (Å²) in [4.78, 5) is 18.1. The van der Waals surface area contributed by atoms with Gasteiger partial charge in [-0.05, 0) is 5.56 Å². The number of nitrogens with one attached hydrogen (secondary N) is 1. The summed E-state index contributed by atoms with van der Waals surface area (Å²) < 4.78 is 2.20. The van der Waals surface area contributed by atoms with E-state index in [0.29, 0.717) is 26.9 Å². The maximum absolute atomic E-state index is 11.0. The fourth-order valence-electron chi connectivity index (χ4n) is 2.62. The van der Waals surface area contributed by atoms with Crippen LogP contribution < -0.4 is 0 Å². The number of aliphatic carboxylic acids is 1. The first-order valence-corrected chi connectivity index (χ1v) is 7.31. The molecule has 0 saturated heterocycles. The predicted molar refractivity (Wildman–Crippen MR) is 87.3 cm³/mol. The number of hydrogen-bond donors (Lipinski definition) is 2. The minimum atomic E-state index is -0.914. The van der Waals surface area contributed by atoms with Gasteiger partial charge >= 0.3 is 5.97 Å². The summed E-state index contributed by atoms with van der Waals surface area (Å²) >= 11 is 5.32. The smallest absolute Gasteiger partial charge is 0.305 e. The monoisotopic (exact) mass is 324 g/mol. The molecule has 0 atom stereocenters. The molecule has 0 aliphatic carbocycles. The van der Waals surface area contributed by atoms with E-state index in [2.05, 4.69) is 16.0 Å². The Labute approximate surface area is 136 Å². The molecular formula is C16H12N4O2S. The van der Waals surface area contributed by atoms with Gasteiger partial charge in [0.15, 0.2) is 0 Å². The zero-order chi connectivity index (χ0) is 16.4. The van der Waals surface area contributed by atoms with E-state index >= 15 is 0 Å². The third-order valence-corrected chi connectivity index (χ3v) is 3.86. The number of fused-ring (bicyclic) bond motifs is 1. The molecule has 3 aromatic rings. The second-order valence-electron chi connectivity index (χ2n) is 4.93. The molecule has 23 heavy (non-hydrogen) atoms. The molecule has 0 aliphatic rings. The number of aromatic amines is 1. The number of hydrogen-bond acceptors (Lipinski definition) is 4. The lowest BCUT2D eigenvalue weighted by Gasteiger charge is -2.09. The molecule has 0 fully saturated rings. The van der Waals surface area contributed by atoms with Crippen LogP contribution in [0.4, 0.5) is 0 Å². The Morgan fingerprint density at radius 1 is 1.39 bits per heavy atom. The van der Waals surface area contributed by atoms with Crippen LogP contribution in [0.25, 0.3) is 22.3 Å². The Hall–Kier alpha value is -2.98. The van der Waals surface area contributed by atoms with Gasteiger partial charge in [-0.1, -0.05) is 42.5 Å². The average molecular weight is 324 g/mol. The van der Waals surface area contributed by atoms with Crippen molar-refractivity contribution in [3.8, 4) is 17.3 Å².